The van der Waals surface area contributed by atoms with Gasteiger partial charge < -0.3 is 9.47 Å². The molecule has 0 radical (unpaired) electrons. The summed E-state index contributed by atoms with van der Waals surface area (Å²) in [5, 5.41) is 2.14. The molecule has 0 aliphatic carbocycles. The zero-order valence-corrected chi connectivity index (χ0v) is 10.3. The Kier molecular flexibility index (Phi) is 3.63. The van der Waals surface area contributed by atoms with Gasteiger partial charge >= 0.3 is 5.97 Å². The lowest BCUT2D eigenvalue weighted by Gasteiger charge is -2.08. The van der Waals surface area contributed by atoms with E-state index in [1.165, 1.54) is 13.2 Å². The first-order valence-electron chi connectivity index (χ1n) is 5.58. The minimum Gasteiger partial charge on any atom is -0.496 e. The topological polar surface area (TPSA) is 35.5 Å². The van der Waals surface area contributed by atoms with Crippen molar-refractivity contribution in [3.05, 3.63) is 48.0 Å². The number of benzene rings is 2. The van der Waals surface area contributed by atoms with Crippen LogP contribution in [-0.2, 0) is 9.53 Å². The van der Waals surface area contributed by atoms with Gasteiger partial charge in [-0.1, -0.05) is 30.3 Å². The Balaban J connectivity index is 2.58. The molecule has 2 rings (SSSR count). The summed E-state index contributed by atoms with van der Waals surface area (Å²) in [6, 6.07) is 11.8. The number of hydrogen-bond donors (Lipinski definition) is 0. The molecule has 0 N–H and O–H groups in total. The van der Waals surface area contributed by atoms with Gasteiger partial charge in [0.05, 0.1) is 14.2 Å². The summed E-state index contributed by atoms with van der Waals surface area (Å²) in [5.74, 6) is 0.346. The van der Waals surface area contributed by atoms with E-state index in [0.717, 1.165) is 22.1 Å². The number of esters is 1. The first-order chi connectivity index (χ1) is 8.76. The number of fused-ring (bicyclic) bond motifs is 1. The van der Waals surface area contributed by atoms with Crippen LogP contribution in [0.2, 0.25) is 0 Å². The van der Waals surface area contributed by atoms with Gasteiger partial charge in [0.15, 0.2) is 0 Å². The normalized spacial score (nSPS) is 10.8. The zero-order valence-electron chi connectivity index (χ0n) is 10.3. The molecule has 0 aliphatic rings. The van der Waals surface area contributed by atoms with Crippen molar-refractivity contribution in [2.24, 2.45) is 0 Å². The highest BCUT2D eigenvalue weighted by molar-refractivity contribution is 5.96. The molecule has 2 aromatic carbocycles. The van der Waals surface area contributed by atoms with E-state index in [0.29, 0.717) is 0 Å². The van der Waals surface area contributed by atoms with Crippen molar-refractivity contribution in [2.45, 2.75) is 0 Å². The third-order valence-corrected chi connectivity index (χ3v) is 2.74. The van der Waals surface area contributed by atoms with E-state index in [-0.39, 0.29) is 5.97 Å². The fourth-order valence-electron chi connectivity index (χ4n) is 1.84. The SMILES string of the molecule is COC(=O)/C=C/c1c(OC)ccc2ccccc12. The van der Waals surface area contributed by atoms with Crippen LogP contribution in [0.25, 0.3) is 16.8 Å². The summed E-state index contributed by atoms with van der Waals surface area (Å²) in [4.78, 5) is 11.2. The molecule has 0 aromatic heterocycles. The Bertz CT molecular complexity index is 600. The van der Waals surface area contributed by atoms with E-state index < -0.39 is 0 Å². The molecular formula is C15H14O3. The Morgan fingerprint density at radius 1 is 1.11 bits per heavy atom. The van der Waals surface area contributed by atoms with Crippen LogP contribution in [0.4, 0.5) is 0 Å². The minimum atomic E-state index is -0.384. The maximum Gasteiger partial charge on any atom is 0.330 e. The molecule has 92 valence electrons. The van der Waals surface area contributed by atoms with Crippen molar-refractivity contribution in [1.29, 1.82) is 0 Å². The number of hydrogen-bond acceptors (Lipinski definition) is 3. The summed E-state index contributed by atoms with van der Waals surface area (Å²) in [6.07, 6.45) is 3.11. The molecule has 0 heterocycles. The molecule has 3 nitrogen and oxygen atoms in total. The fourth-order valence-corrected chi connectivity index (χ4v) is 1.84. The van der Waals surface area contributed by atoms with Crippen LogP contribution < -0.4 is 4.74 Å². The van der Waals surface area contributed by atoms with Crippen molar-refractivity contribution in [3.8, 4) is 5.75 Å². The summed E-state index contributed by atoms with van der Waals surface area (Å²) in [5.41, 5.74) is 0.876. The van der Waals surface area contributed by atoms with Crippen LogP contribution in [0.1, 0.15) is 5.56 Å². The first kappa shape index (κ1) is 12.2. The van der Waals surface area contributed by atoms with E-state index in [4.69, 9.17) is 4.74 Å². The average Bonchev–Trinajstić information content (AvgIpc) is 2.44. The molecule has 3 heteroatoms. The van der Waals surface area contributed by atoms with Gasteiger partial charge in [0, 0.05) is 11.6 Å². The molecule has 0 bridgehead atoms. The quantitative estimate of drug-likeness (QED) is 0.613. The van der Waals surface area contributed by atoms with Crippen LogP contribution in [0, 0.1) is 0 Å². The molecule has 0 amide bonds. The van der Waals surface area contributed by atoms with Gasteiger partial charge in [0.1, 0.15) is 5.75 Å². The average molecular weight is 242 g/mol. The number of carbonyl (C=O) groups is 1. The predicted octanol–water partition coefficient (Wildman–Crippen LogP) is 3.03. The highest BCUT2D eigenvalue weighted by Gasteiger charge is 2.05. The van der Waals surface area contributed by atoms with Crippen molar-refractivity contribution in [3.63, 3.8) is 0 Å². The fraction of sp³-hybridized carbons (Fsp3) is 0.133. The van der Waals surface area contributed by atoms with Crippen LogP contribution >= 0.6 is 0 Å². The van der Waals surface area contributed by atoms with Crippen LogP contribution in [0.3, 0.4) is 0 Å². The lowest BCUT2D eigenvalue weighted by atomic mass is 10.0. The van der Waals surface area contributed by atoms with Crippen molar-refractivity contribution in [1.82, 2.24) is 0 Å². The molecule has 0 fully saturated rings. The molecule has 0 aliphatic heterocycles. The maximum atomic E-state index is 11.2. The van der Waals surface area contributed by atoms with Gasteiger partial charge in [0.2, 0.25) is 0 Å². The number of methoxy groups -OCH3 is 2. The smallest absolute Gasteiger partial charge is 0.330 e. The lowest BCUT2D eigenvalue weighted by molar-refractivity contribution is -0.134. The molecule has 0 saturated heterocycles. The largest absolute Gasteiger partial charge is 0.496 e. The molecule has 2 aromatic rings. The van der Waals surface area contributed by atoms with E-state index in [9.17, 15) is 4.79 Å². The monoisotopic (exact) mass is 242 g/mol. The van der Waals surface area contributed by atoms with Gasteiger partial charge in [-0.3, -0.25) is 0 Å². The third kappa shape index (κ3) is 2.35. The molecule has 0 atom stereocenters. The number of ether oxygens (including phenoxy) is 2. The molecule has 18 heavy (non-hydrogen) atoms. The van der Waals surface area contributed by atoms with Crippen LogP contribution in [-0.4, -0.2) is 20.2 Å². The molecule has 0 saturated carbocycles. The Morgan fingerprint density at radius 2 is 1.89 bits per heavy atom. The molecule has 0 spiro atoms. The Morgan fingerprint density at radius 3 is 2.61 bits per heavy atom. The zero-order chi connectivity index (χ0) is 13.0. The lowest BCUT2D eigenvalue weighted by Crippen LogP contribution is -1.94. The van der Waals surface area contributed by atoms with E-state index in [2.05, 4.69) is 4.74 Å². The Labute approximate surface area is 106 Å². The Hall–Kier alpha value is -2.29. The van der Waals surface area contributed by atoms with Crippen LogP contribution in [0.5, 0.6) is 5.75 Å². The second kappa shape index (κ2) is 5.36. The number of carbonyl (C=O) groups excluding carboxylic acids is 1. The van der Waals surface area contributed by atoms with Gasteiger partial charge in [-0.05, 0) is 22.9 Å². The third-order valence-electron chi connectivity index (χ3n) is 2.74. The van der Waals surface area contributed by atoms with Crippen molar-refractivity contribution in [2.75, 3.05) is 14.2 Å². The van der Waals surface area contributed by atoms with E-state index >= 15 is 0 Å². The second-order valence-corrected chi connectivity index (χ2v) is 3.76. The minimum absolute atomic E-state index is 0.384. The maximum absolute atomic E-state index is 11.2. The van der Waals surface area contributed by atoms with Crippen molar-refractivity contribution < 1.29 is 14.3 Å². The van der Waals surface area contributed by atoms with Gasteiger partial charge in [-0.2, -0.15) is 0 Å². The van der Waals surface area contributed by atoms with Gasteiger partial charge in [-0.25, -0.2) is 4.79 Å². The van der Waals surface area contributed by atoms with Crippen molar-refractivity contribution >= 4 is 22.8 Å². The summed E-state index contributed by atoms with van der Waals surface area (Å²) < 4.78 is 9.91. The standard InChI is InChI=1S/C15H14O3/c1-17-14-9-7-11-5-3-4-6-12(11)13(14)8-10-15(16)18-2/h3-10H,1-2H3/b10-8+. The molecule has 0 unspecified atom stereocenters. The first-order valence-corrected chi connectivity index (χ1v) is 5.58. The van der Waals surface area contributed by atoms with Gasteiger partial charge in [0.25, 0.3) is 0 Å². The second-order valence-electron chi connectivity index (χ2n) is 3.76. The summed E-state index contributed by atoms with van der Waals surface area (Å²) >= 11 is 0. The van der Waals surface area contributed by atoms with E-state index in [1.807, 2.05) is 36.4 Å². The predicted molar refractivity (Wildman–Crippen MR) is 71.6 cm³/mol. The number of rotatable bonds is 3. The van der Waals surface area contributed by atoms with Crippen LogP contribution in [0.15, 0.2) is 42.5 Å². The molecular weight excluding hydrogens is 228 g/mol. The summed E-state index contributed by atoms with van der Waals surface area (Å²) in [7, 11) is 2.96. The highest BCUT2D eigenvalue weighted by Crippen LogP contribution is 2.29. The highest BCUT2D eigenvalue weighted by atomic mass is 16.5. The van der Waals surface area contributed by atoms with E-state index in [1.54, 1.807) is 13.2 Å². The van der Waals surface area contributed by atoms with Gasteiger partial charge in [-0.15, -0.1) is 0 Å². The summed E-state index contributed by atoms with van der Waals surface area (Å²) in [6.45, 7) is 0.